The Labute approximate surface area is 162 Å². The largest absolute Gasteiger partial charge is 0.497 e. The predicted octanol–water partition coefficient (Wildman–Crippen LogP) is 4.05. The molecule has 0 spiro atoms. The van der Waals surface area contributed by atoms with Gasteiger partial charge in [-0.2, -0.15) is 0 Å². The molecule has 8 nitrogen and oxygen atoms in total. The first-order valence-corrected chi connectivity index (χ1v) is 8.60. The zero-order valence-corrected chi connectivity index (χ0v) is 15.9. The monoisotopic (exact) mass is 386 g/mol. The number of rotatable bonds is 9. The Morgan fingerprint density at radius 3 is 2.57 bits per heavy atom. The number of nitrogens with one attached hydrogen (secondary N) is 1. The molecule has 1 N–H and O–H groups in total. The van der Waals surface area contributed by atoms with Gasteiger partial charge >= 0.3 is 5.69 Å². The number of hydrogen-bond acceptors (Lipinski definition) is 6. The number of methoxy groups -OCH3 is 2. The van der Waals surface area contributed by atoms with Gasteiger partial charge in [-0.1, -0.05) is 13.0 Å². The predicted molar refractivity (Wildman–Crippen MR) is 106 cm³/mol. The van der Waals surface area contributed by atoms with Gasteiger partial charge in [0.25, 0.3) is 0 Å². The lowest BCUT2D eigenvalue weighted by molar-refractivity contribution is -0.385. The summed E-state index contributed by atoms with van der Waals surface area (Å²) in [6.45, 7) is 2.31. The second-order valence-corrected chi connectivity index (χ2v) is 5.72. The van der Waals surface area contributed by atoms with Gasteiger partial charge in [-0.05, 0) is 36.3 Å². The fourth-order valence-corrected chi connectivity index (χ4v) is 2.36. The van der Waals surface area contributed by atoms with Crippen molar-refractivity contribution in [3.8, 4) is 17.2 Å². The number of ether oxygens (including phenoxy) is 3. The Kier molecular flexibility index (Phi) is 7.38. The fourth-order valence-electron chi connectivity index (χ4n) is 2.36. The third kappa shape index (κ3) is 5.47. The molecule has 0 bridgehead atoms. The van der Waals surface area contributed by atoms with Crippen LogP contribution in [0.15, 0.2) is 42.5 Å². The van der Waals surface area contributed by atoms with Crippen molar-refractivity contribution >= 4 is 23.4 Å². The number of hydrogen-bond donors (Lipinski definition) is 1. The topological polar surface area (TPSA) is 99.9 Å². The van der Waals surface area contributed by atoms with Gasteiger partial charge in [0.2, 0.25) is 5.91 Å². The molecule has 28 heavy (non-hydrogen) atoms. The summed E-state index contributed by atoms with van der Waals surface area (Å²) in [6.07, 6.45) is 3.52. The van der Waals surface area contributed by atoms with E-state index in [2.05, 4.69) is 5.32 Å². The number of nitro benzene ring substituents is 1. The van der Waals surface area contributed by atoms with E-state index in [4.69, 9.17) is 14.2 Å². The average Bonchev–Trinajstić information content (AvgIpc) is 2.71. The molecule has 0 atom stereocenters. The van der Waals surface area contributed by atoms with Gasteiger partial charge in [0.05, 0.1) is 31.4 Å². The van der Waals surface area contributed by atoms with Crippen LogP contribution in [-0.2, 0) is 4.79 Å². The van der Waals surface area contributed by atoms with Crippen molar-refractivity contribution in [3.05, 3.63) is 58.2 Å². The van der Waals surface area contributed by atoms with Crippen molar-refractivity contribution in [1.29, 1.82) is 0 Å². The van der Waals surface area contributed by atoms with Crippen molar-refractivity contribution in [3.63, 3.8) is 0 Å². The number of nitro groups is 1. The molecule has 2 aromatic rings. The number of nitrogens with zero attached hydrogens (tertiary/aromatic N) is 1. The molecular formula is C20H22N2O6. The maximum absolute atomic E-state index is 12.2. The maximum Gasteiger partial charge on any atom is 0.311 e. The number of carbonyl (C=O) groups excluding carboxylic acids is 1. The smallest absolute Gasteiger partial charge is 0.311 e. The molecule has 0 saturated carbocycles. The van der Waals surface area contributed by atoms with E-state index in [0.717, 1.165) is 6.42 Å². The minimum atomic E-state index is -0.509. The summed E-state index contributed by atoms with van der Waals surface area (Å²) in [4.78, 5) is 22.9. The Balaban J connectivity index is 2.13. The molecule has 0 radical (unpaired) electrons. The quantitative estimate of drug-likeness (QED) is 0.396. The summed E-state index contributed by atoms with van der Waals surface area (Å²) >= 11 is 0. The lowest BCUT2D eigenvalue weighted by Gasteiger charge is -2.10. The highest BCUT2D eigenvalue weighted by atomic mass is 16.6. The van der Waals surface area contributed by atoms with Crippen LogP contribution >= 0.6 is 0 Å². The Bertz CT molecular complexity index is 879. The summed E-state index contributed by atoms with van der Waals surface area (Å²) in [5.74, 6) is 0.853. The summed E-state index contributed by atoms with van der Waals surface area (Å²) in [5, 5.41) is 13.9. The molecule has 148 valence electrons. The van der Waals surface area contributed by atoms with Crippen LogP contribution in [0.5, 0.6) is 17.2 Å². The normalized spacial score (nSPS) is 10.5. The fraction of sp³-hybridized carbons (Fsp3) is 0.250. The average molecular weight is 386 g/mol. The summed E-state index contributed by atoms with van der Waals surface area (Å²) in [7, 11) is 3.02. The van der Waals surface area contributed by atoms with Crippen LogP contribution in [0, 0.1) is 10.1 Å². The highest BCUT2D eigenvalue weighted by Gasteiger charge is 2.15. The standard InChI is InChI=1S/C20H22N2O6/c1-4-11-28-18-9-5-14(12-17(18)22(24)25)6-10-20(23)21-16-8-7-15(26-2)13-19(16)27-3/h5-10,12-13H,4,11H2,1-3H3,(H,21,23)/b10-6+. The number of benzene rings is 2. The summed E-state index contributed by atoms with van der Waals surface area (Å²) < 4.78 is 15.7. The maximum atomic E-state index is 12.2. The van der Waals surface area contributed by atoms with E-state index in [1.807, 2.05) is 6.92 Å². The first kappa shape index (κ1) is 20.8. The van der Waals surface area contributed by atoms with Gasteiger partial charge in [0.1, 0.15) is 11.5 Å². The molecular weight excluding hydrogens is 364 g/mol. The minimum absolute atomic E-state index is 0.146. The molecule has 1 amide bonds. The van der Waals surface area contributed by atoms with Crippen LogP contribution in [-0.4, -0.2) is 31.7 Å². The molecule has 0 aromatic heterocycles. The van der Waals surface area contributed by atoms with Crippen molar-refractivity contribution in [1.82, 2.24) is 0 Å². The highest BCUT2D eigenvalue weighted by Crippen LogP contribution is 2.30. The van der Waals surface area contributed by atoms with E-state index in [9.17, 15) is 14.9 Å². The Morgan fingerprint density at radius 2 is 1.93 bits per heavy atom. The van der Waals surface area contributed by atoms with Crippen LogP contribution in [0.1, 0.15) is 18.9 Å². The Morgan fingerprint density at radius 1 is 1.14 bits per heavy atom. The van der Waals surface area contributed by atoms with E-state index in [1.54, 1.807) is 24.3 Å². The summed E-state index contributed by atoms with van der Waals surface area (Å²) in [6, 6.07) is 9.54. The van der Waals surface area contributed by atoms with Gasteiger partial charge in [0.15, 0.2) is 5.75 Å². The molecule has 2 rings (SSSR count). The number of carbonyl (C=O) groups is 1. The lowest BCUT2D eigenvalue weighted by atomic mass is 10.1. The molecule has 0 aliphatic rings. The third-order valence-electron chi connectivity index (χ3n) is 3.74. The highest BCUT2D eigenvalue weighted by molar-refractivity contribution is 6.02. The molecule has 0 heterocycles. The van der Waals surface area contributed by atoms with E-state index >= 15 is 0 Å². The first-order chi connectivity index (χ1) is 13.5. The summed E-state index contributed by atoms with van der Waals surface area (Å²) in [5.41, 5.74) is 0.840. The molecule has 2 aromatic carbocycles. The zero-order chi connectivity index (χ0) is 20.5. The molecule has 0 unspecified atom stereocenters. The van der Waals surface area contributed by atoms with Crippen molar-refractivity contribution in [2.75, 3.05) is 26.1 Å². The molecule has 8 heteroatoms. The van der Waals surface area contributed by atoms with Gasteiger partial charge in [-0.25, -0.2) is 0 Å². The molecule has 0 saturated heterocycles. The third-order valence-corrected chi connectivity index (χ3v) is 3.74. The zero-order valence-electron chi connectivity index (χ0n) is 15.9. The SMILES string of the molecule is CCCOc1ccc(/C=C/C(=O)Nc2ccc(OC)cc2OC)cc1[N+](=O)[O-]. The minimum Gasteiger partial charge on any atom is -0.497 e. The van der Waals surface area contributed by atoms with Gasteiger partial charge in [-0.3, -0.25) is 14.9 Å². The van der Waals surface area contributed by atoms with Crippen LogP contribution in [0.2, 0.25) is 0 Å². The lowest BCUT2D eigenvalue weighted by Crippen LogP contribution is -2.09. The van der Waals surface area contributed by atoms with Crippen molar-refractivity contribution < 1.29 is 23.9 Å². The van der Waals surface area contributed by atoms with Crippen LogP contribution in [0.25, 0.3) is 6.08 Å². The van der Waals surface area contributed by atoms with E-state index in [1.165, 1.54) is 38.5 Å². The second-order valence-electron chi connectivity index (χ2n) is 5.72. The number of amides is 1. The number of anilines is 1. The molecule has 0 fully saturated rings. The van der Waals surface area contributed by atoms with Crippen LogP contribution < -0.4 is 19.5 Å². The molecule has 0 aliphatic carbocycles. The van der Waals surface area contributed by atoms with Crippen LogP contribution in [0.4, 0.5) is 11.4 Å². The Hall–Kier alpha value is -3.55. The van der Waals surface area contributed by atoms with Crippen molar-refractivity contribution in [2.45, 2.75) is 13.3 Å². The van der Waals surface area contributed by atoms with Crippen LogP contribution in [0.3, 0.4) is 0 Å². The van der Waals surface area contributed by atoms with E-state index in [0.29, 0.717) is 29.4 Å². The van der Waals surface area contributed by atoms with Gasteiger partial charge < -0.3 is 19.5 Å². The van der Waals surface area contributed by atoms with Crippen molar-refractivity contribution in [2.24, 2.45) is 0 Å². The van der Waals surface area contributed by atoms with E-state index in [-0.39, 0.29) is 11.4 Å². The van der Waals surface area contributed by atoms with Gasteiger partial charge in [-0.15, -0.1) is 0 Å². The first-order valence-electron chi connectivity index (χ1n) is 8.60. The van der Waals surface area contributed by atoms with Gasteiger partial charge in [0, 0.05) is 18.2 Å². The second kappa shape index (κ2) is 9.96. The molecule has 0 aliphatic heterocycles. The van der Waals surface area contributed by atoms with E-state index < -0.39 is 10.8 Å².